The third-order valence-electron chi connectivity index (χ3n) is 14.5. The fraction of sp³-hybridized carbons (Fsp3) is 0.820. The number of carbonyl (C=O) groups excluding carboxylic acids is 2. The monoisotopic (exact) mass is 986 g/mol. The Labute approximate surface area is 410 Å². The molecule has 1 aromatic carbocycles. The molecule has 1 amide bonds. The van der Waals surface area contributed by atoms with Crippen LogP contribution in [-0.4, -0.2) is 197 Å². The Bertz CT molecular complexity index is 1720. The number of cyclic esters (lactones) is 1. The molecular weight excluding hydrogens is 899 g/mol. The number of nitrogens with zero attached hydrogens (tertiary/aromatic N) is 2. The number of rotatable bonds is 14. The summed E-state index contributed by atoms with van der Waals surface area (Å²) in [5.74, 6) is -2.31. The molecule has 3 heterocycles. The molecule has 69 heavy (non-hydrogen) atoms. The summed E-state index contributed by atoms with van der Waals surface area (Å²) < 4.78 is 43.3. The maximum atomic E-state index is 14.5. The van der Waals surface area contributed by atoms with Gasteiger partial charge in [-0.1, -0.05) is 32.9 Å². The molecule has 3 aliphatic rings. The predicted molar refractivity (Wildman–Crippen MR) is 256 cm³/mol. The molecule has 18 atom stereocenters. The summed E-state index contributed by atoms with van der Waals surface area (Å²) in [5, 5.41) is 69.7. The molecule has 3 aliphatic heterocycles. The van der Waals surface area contributed by atoms with Gasteiger partial charge in [0.2, 0.25) is 5.91 Å². The summed E-state index contributed by atoms with van der Waals surface area (Å²) in [6, 6.07) is 6.31. The number of esters is 1. The van der Waals surface area contributed by atoms with Crippen LogP contribution in [0.5, 0.6) is 5.75 Å². The van der Waals surface area contributed by atoms with E-state index in [4.69, 9.17) is 43.1 Å². The Morgan fingerprint density at radius 3 is 2.14 bits per heavy atom. The van der Waals surface area contributed by atoms with Crippen LogP contribution in [0.25, 0.3) is 0 Å². The lowest BCUT2D eigenvalue weighted by Crippen LogP contribution is -2.60. The lowest BCUT2D eigenvalue weighted by Gasteiger charge is -2.48. The lowest BCUT2D eigenvalue weighted by molar-refractivity contribution is -0.318. The van der Waals surface area contributed by atoms with Crippen LogP contribution in [0, 0.1) is 17.8 Å². The van der Waals surface area contributed by atoms with Crippen LogP contribution in [0.2, 0.25) is 0 Å². The Morgan fingerprint density at radius 1 is 0.957 bits per heavy atom. The second-order valence-corrected chi connectivity index (χ2v) is 20.6. The van der Waals surface area contributed by atoms with Crippen molar-refractivity contribution in [1.82, 2.24) is 15.1 Å². The zero-order valence-electron chi connectivity index (χ0n) is 43.6. The highest BCUT2D eigenvalue weighted by molar-refractivity contribution is 5.78. The van der Waals surface area contributed by atoms with Gasteiger partial charge < -0.3 is 74.0 Å². The van der Waals surface area contributed by atoms with Gasteiger partial charge in [0.15, 0.2) is 12.6 Å². The fourth-order valence-corrected chi connectivity index (χ4v) is 10.4. The first-order valence-electron chi connectivity index (χ1n) is 24.5. The Balaban J connectivity index is 0.00000409. The number of aliphatic hydroxyl groups excluding tert-OH is 3. The second-order valence-electron chi connectivity index (χ2n) is 20.6. The average molecular weight is 986 g/mol. The minimum atomic E-state index is -1.91. The first-order chi connectivity index (χ1) is 32.2. The first kappa shape index (κ1) is 60.3. The minimum absolute atomic E-state index is 0.101. The maximum absolute atomic E-state index is 14.5. The van der Waals surface area contributed by atoms with E-state index in [2.05, 4.69) is 5.32 Å². The van der Waals surface area contributed by atoms with Crippen LogP contribution >= 0.6 is 0 Å². The smallest absolute Gasteiger partial charge is 0.311 e. The number of hydrogen-bond donors (Lipinski definition) is 7. The molecule has 19 nitrogen and oxygen atoms in total. The molecular formula is C50H87N3O16. The highest BCUT2D eigenvalue weighted by Gasteiger charge is 2.53. The standard InChI is InChI=1S/C49H85N3O14.CH2O2/c1-15-37-49(10,59)42(55)32(6)52(22-16-21-50-38(53)24-34-17-19-35(60-13)20-18-34)27-28(2)25-47(8,58)44(66-46-40(54)36(51(11)12)23-29(3)62-46)30(4)41(31(5)45(57)64-37)65-39-26-48(9,61-14)43(56)33(7)63-39;2-1-3/h17-20,28-33,36-37,39-44,46,54-56,58-59H,15-16,21-27H2,1-14H3,(H,50,53);1H,(H,2,3)/t28-,29-,30+,31-,32-,33+,36+,37-,39+,40-,41+,42-,43+,44-,46+,47-,48-,49-;/m1./s1. The SMILES string of the molecule is CC[C@H]1OC(=O)[C@H](C)[C@@H](O[C@H]2C[C@@](C)(OC)[C@@H](O)[C@H](C)O2)[C@H](C)[C@@H](O[C@@H]2O[C@H](C)C[C@H](N(C)C)[C@H]2O)[C@](C)(O)C[C@@H](C)CN(CCCNC(=O)Cc2ccc(OC)cc2)[C@H](C)[C@@H](O)[C@]1(C)O.O=CO. The van der Waals surface area contributed by atoms with Gasteiger partial charge in [-0.25, -0.2) is 0 Å². The van der Waals surface area contributed by atoms with Crippen molar-refractivity contribution in [3.05, 3.63) is 29.8 Å². The molecule has 0 saturated carbocycles. The molecule has 0 radical (unpaired) electrons. The van der Waals surface area contributed by atoms with Gasteiger partial charge in [-0.3, -0.25) is 19.3 Å². The number of carbonyl (C=O) groups is 3. The fourth-order valence-electron chi connectivity index (χ4n) is 10.4. The highest BCUT2D eigenvalue weighted by Crippen LogP contribution is 2.40. The van der Waals surface area contributed by atoms with Gasteiger partial charge in [0.25, 0.3) is 6.47 Å². The zero-order valence-corrected chi connectivity index (χ0v) is 43.6. The summed E-state index contributed by atoms with van der Waals surface area (Å²) in [6.07, 6.45) is -8.29. The highest BCUT2D eigenvalue weighted by atomic mass is 16.7. The van der Waals surface area contributed by atoms with Crippen molar-refractivity contribution >= 4 is 18.3 Å². The van der Waals surface area contributed by atoms with E-state index in [1.54, 1.807) is 48.7 Å². The van der Waals surface area contributed by atoms with Crippen molar-refractivity contribution in [2.75, 3.05) is 47.9 Å². The van der Waals surface area contributed by atoms with Gasteiger partial charge in [0, 0.05) is 51.2 Å². The van der Waals surface area contributed by atoms with E-state index < -0.39 is 96.0 Å². The van der Waals surface area contributed by atoms with E-state index in [1.807, 2.05) is 68.9 Å². The van der Waals surface area contributed by atoms with Crippen molar-refractivity contribution in [3.8, 4) is 5.75 Å². The number of hydrogen-bond acceptors (Lipinski definition) is 17. The minimum Gasteiger partial charge on any atom is -0.497 e. The lowest BCUT2D eigenvalue weighted by atomic mass is 9.77. The van der Waals surface area contributed by atoms with Crippen molar-refractivity contribution in [3.63, 3.8) is 0 Å². The average Bonchev–Trinajstić information content (AvgIpc) is 3.28. The maximum Gasteiger partial charge on any atom is 0.311 e. The summed E-state index contributed by atoms with van der Waals surface area (Å²) in [4.78, 5) is 39.8. The van der Waals surface area contributed by atoms with Crippen molar-refractivity contribution in [2.45, 2.75) is 198 Å². The topological polar surface area (TPSA) is 256 Å². The Hall–Kier alpha value is -3.05. The van der Waals surface area contributed by atoms with Gasteiger partial charge in [0.05, 0.1) is 55.1 Å². The number of ether oxygens (including phenoxy) is 7. The molecule has 1 aromatic rings. The molecule has 7 N–H and O–H groups in total. The molecule has 0 spiro atoms. The number of benzene rings is 1. The molecule has 3 fully saturated rings. The van der Waals surface area contributed by atoms with E-state index in [9.17, 15) is 35.1 Å². The summed E-state index contributed by atoms with van der Waals surface area (Å²) >= 11 is 0. The second kappa shape index (κ2) is 26.6. The molecule has 19 heteroatoms. The number of carboxylic acid groups (broad SMARTS) is 1. The third-order valence-corrected chi connectivity index (χ3v) is 14.5. The predicted octanol–water partition coefficient (Wildman–Crippen LogP) is 2.73. The van der Waals surface area contributed by atoms with Crippen LogP contribution in [-0.2, 0) is 49.2 Å². The number of nitrogens with one attached hydrogen (secondary N) is 1. The van der Waals surface area contributed by atoms with Crippen LogP contribution in [0.15, 0.2) is 24.3 Å². The van der Waals surface area contributed by atoms with Crippen LogP contribution in [0.3, 0.4) is 0 Å². The molecule has 0 unspecified atom stereocenters. The third kappa shape index (κ3) is 16.0. The van der Waals surface area contributed by atoms with Gasteiger partial charge in [-0.05, 0) is 112 Å². The van der Waals surface area contributed by atoms with Crippen LogP contribution in [0.4, 0.5) is 0 Å². The molecule has 0 bridgehead atoms. The number of methoxy groups -OCH3 is 2. The summed E-state index contributed by atoms with van der Waals surface area (Å²) in [5.41, 5.74) is -3.78. The largest absolute Gasteiger partial charge is 0.497 e. The van der Waals surface area contributed by atoms with E-state index in [-0.39, 0.29) is 56.1 Å². The number of likely N-dealkylation sites (N-methyl/N-ethyl adjacent to an activating group) is 1. The van der Waals surface area contributed by atoms with Crippen molar-refractivity contribution in [2.24, 2.45) is 17.8 Å². The Kier molecular flexibility index (Phi) is 23.2. The van der Waals surface area contributed by atoms with E-state index >= 15 is 0 Å². The van der Waals surface area contributed by atoms with Gasteiger partial charge in [0.1, 0.15) is 35.8 Å². The number of amides is 1. The van der Waals surface area contributed by atoms with Gasteiger partial charge in [-0.15, -0.1) is 0 Å². The quantitative estimate of drug-likeness (QED) is 0.0804. The molecule has 4 rings (SSSR count). The van der Waals surface area contributed by atoms with Gasteiger partial charge >= 0.3 is 5.97 Å². The van der Waals surface area contributed by atoms with Crippen LogP contribution in [0.1, 0.15) is 107 Å². The van der Waals surface area contributed by atoms with E-state index in [1.165, 1.54) is 14.0 Å². The zero-order chi connectivity index (χ0) is 52.2. The normalized spacial score (nSPS) is 39.8. The number of aliphatic hydroxyl groups is 5. The summed E-state index contributed by atoms with van der Waals surface area (Å²) in [6.45, 7) is 18.4. The van der Waals surface area contributed by atoms with E-state index in [0.29, 0.717) is 38.2 Å². The Morgan fingerprint density at radius 2 is 1.58 bits per heavy atom. The summed E-state index contributed by atoms with van der Waals surface area (Å²) in [7, 11) is 6.84. The van der Waals surface area contributed by atoms with Crippen molar-refractivity contribution in [1.29, 1.82) is 0 Å². The molecule has 0 aliphatic carbocycles. The molecule has 398 valence electrons. The van der Waals surface area contributed by atoms with Crippen LogP contribution < -0.4 is 10.1 Å². The molecule has 3 saturated heterocycles. The van der Waals surface area contributed by atoms with E-state index in [0.717, 1.165) is 5.56 Å². The molecule has 0 aromatic heterocycles. The van der Waals surface area contributed by atoms with Crippen molar-refractivity contribution < 1.29 is 78.2 Å². The van der Waals surface area contributed by atoms with Gasteiger partial charge in [-0.2, -0.15) is 0 Å². The first-order valence-corrected chi connectivity index (χ1v) is 24.5.